The van der Waals surface area contributed by atoms with Crippen LogP contribution in [0.5, 0.6) is 0 Å². The summed E-state index contributed by atoms with van der Waals surface area (Å²) in [6.07, 6.45) is 9.68. The highest BCUT2D eigenvalue weighted by Gasteiger charge is 2.21. The van der Waals surface area contributed by atoms with Crippen LogP contribution in [0.15, 0.2) is 18.3 Å². The van der Waals surface area contributed by atoms with Crippen molar-refractivity contribution in [1.29, 1.82) is 0 Å². The van der Waals surface area contributed by atoms with E-state index in [9.17, 15) is 0 Å². The van der Waals surface area contributed by atoms with Crippen LogP contribution in [0.2, 0.25) is 0 Å². The number of aryl methyl sites for hydroxylation is 1. The molecule has 1 aromatic heterocycles. The number of nitrogens with zero attached hydrogens (tertiary/aromatic N) is 2. The predicted molar refractivity (Wildman–Crippen MR) is 76.9 cm³/mol. The zero-order valence-electron chi connectivity index (χ0n) is 11.4. The maximum atomic E-state index is 5.67. The molecule has 1 aliphatic carbocycles. The predicted octanol–water partition coefficient (Wildman–Crippen LogP) is 2.88. The molecule has 1 fully saturated rings. The van der Waals surface area contributed by atoms with Gasteiger partial charge < -0.3 is 10.6 Å². The Morgan fingerprint density at radius 2 is 2.11 bits per heavy atom. The van der Waals surface area contributed by atoms with Crippen molar-refractivity contribution in [2.45, 2.75) is 51.5 Å². The Labute approximate surface area is 110 Å². The molecule has 0 amide bonds. The van der Waals surface area contributed by atoms with Crippen molar-refractivity contribution < 1.29 is 0 Å². The van der Waals surface area contributed by atoms with Crippen molar-refractivity contribution in [1.82, 2.24) is 4.98 Å². The third-order valence-corrected chi connectivity index (χ3v) is 3.81. The van der Waals surface area contributed by atoms with Gasteiger partial charge in [0.15, 0.2) is 0 Å². The number of aromatic nitrogens is 1. The average molecular weight is 247 g/mol. The summed E-state index contributed by atoms with van der Waals surface area (Å²) in [6, 6.07) is 4.93. The van der Waals surface area contributed by atoms with E-state index in [2.05, 4.69) is 28.9 Å². The molecular weight excluding hydrogens is 222 g/mol. The summed E-state index contributed by atoms with van der Waals surface area (Å²) in [5.74, 6) is 1.13. The Kier molecular flexibility index (Phi) is 5.00. The van der Waals surface area contributed by atoms with Gasteiger partial charge in [-0.2, -0.15) is 0 Å². The molecule has 0 aliphatic heterocycles. The van der Waals surface area contributed by atoms with E-state index >= 15 is 0 Å². The molecule has 2 N–H and O–H groups in total. The number of anilines is 1. The van der Waals surface area contributed by atoms with Gasteiger partial charge in [0.05, 0.1) is 0 Å². The topological polar surface area (TPSA) is 42.2 Å². The second-order valence-electron chi connectivity index (χ2n) is 5.32. The standard InChI is InChI=1S/C15H25N3/c1-13-8-10-17-15(12-13)18(11-5-9-16)14-6-3-2-4-7-14/h8,10,12,14H,2-7,9,11,16H2,1H3. The van der Waals surface area contributed by atoms with E-state index in [4.69, 9.17) is 5.73 Å². The average Bonchev–Trinajstić information content (AvgIpc) is 2.40. The fraction of sp³-hybridized carbons (Fsp3) is 0.667. The Hall–Kier alpha value is -1.09. The summed E-state index contributed by atoms with van der Waals surface area (Å²) < 4.78 is 0. The molecule has 0 unspecified atom stereocenters. The van der Waals surface area contributed by atoms with Crippen molar-refractivity contribution in [3.8, 4) is 0 Å². The minimum absolute atomic E-state index is 0.666. The van der Waals surface area contributed by atoms with Crippen molar-refractivity contribution in [2.75, 3.05) is 18.0 Å². The fourth-order valence-electron chi connectivity index (χ4n) is 2.82. The minimum Gasteiger partial charge on any atom is -0.354 e. The lowest BCUT2D eigenvalue weighted by atomic mass is 9.94. The number of pyridine rings is 1. The summed E-state index contributed by atoms with van der Waals surface area (Å²) in [5.41, 5.74) is 6.95. The van der Waals surface area contributed by atoms with Crippen LogP contribution in [0.3, 0.4) is 0 Å². The lowest BCUT2D eigenvalue weighted by Gasteiger charge is -2.35. The summed E-state index contributed by atoms with van der Waals surface area (Å²) >= 11 is 0. The Morgan fingerprint density at radius 3 is 2.78 bits per heavy atom. The van der Waals surface area contributed by atoms with E-state index in [1.165, 1.54) is 37.7 Å². The van der Waals surface area contributed by atoms with Crippen molar-refractivity contribution in [3.05, 3.63) is 23.9 Å². The van der Waals surface area contributed by atoms with Gasteiger partial charge in [0, 0.05) is 18.8 Å². The SMILES string of the molecule is Cc1ccnc(N(CCCN)C2CCCCC2)c1. The molecule has 3 heteroatoms. The molecule has 0 aromatic carbocycles. The second-order valence-corrected chi connectivity index (χ2v) is 5.32. The van der Waals surface area contributed by atoms with E-state index in [0.29, 0.717) is 6.04 Å². The molecule has 100 valence electrons. The first-order valence-corrected chi connectivity index (χ1v) is 7.20. The highest BCUT2D eigenvalue weighted by atomic mass is 15.2. The van der Waals surface area contributed by atoms with Crippen molar-refractivity contribution >= 4 is 5.82 Å². The first-order valence-electron chi connectivity index (χ1n) is 7.20. The maximum Gasteiger partial charge on any atom is 0.128 e. The highest BCUT2D eigenvalue weighted by molar-refractivity contribution is 5.42. The second kappa shape index (κ2) is 6.74. The monoisotopic (exact) mass is 247 g/mol. The Morgan fingerprint density at radius 1 is 1.33 bits per heavy atom. The van der Waals surface area contributed by atoms with Crippen LogP contribution >= 0.6 is 0 Å². The first-order chi connectivity index (χ1) is 8.81. The van der Waals surface area contributed by atoms with Crippen LogP contribution in [0.25, 0.3) is 0 Å². The molecule has 1 heterocycles. The first kappa shape index (κ1) is 13.3. The van der Waals surface area contributed by atoms with Crippen LogP contribution in [-0.4, -0.2) is 24.1 Å². The highest BCUT2D eigenvalue weighted by Crippen LogP contribution is 2.26. The van der Waals surface area contributed by atoms with Crippen LogP contribution < -0.4 is 10.6 Å². The molecule has 1 saturated carbocycles. The van der Waals surface area contributed by atoms with Crippen LogP contribution in [0.1, 0.15) is 44.1 Å². The largest absolute Gasteiger partial charge is 0.354 e. The van der Waals surface area contributed by atoms with Gasteiger partial charge in [-0.15, -0.1) is 0 Å². The van der Waals surface area contributed by atoms with E-state index in [1.807, 2.05) is 6.20 Å². The van der Waals surface area contributed by atoms with Gasteiger partial charge in [-0.25, -0.2) is 4.98 Å². The van der Waals surface area contributed by atoms with E-state index < -0.39 is 0 Å². The molecular formula is C15H25N3. The molecule has 1 aliphatic rings. The van der Waals surface area contributed by atoms with Gasteiger partial charge >= 0.3 is 0 Å². The summed E-state index contributed by atoms with van der Waals surface area (Å²) in [4.78, 5) is 7.04. The van der Waals surface area contributed by atoms with Crippen LogP contribution in [0, 0.1) is 6.92 Å². The zero-order chi connectivity index (χ0) is 12.8. The Bertz CT molecular complexity index is 359. The van der Waals surface area contributed by atoms with Gasteiger partial charge in [-0.05, 0) is 50.4 Å². The quantitative estimate of drug-likeness (QED) is 0.870. The van der Waals surface area contributed by atoms with E-state index in [-0.39, 0.29) is 0 Å². The Balaban J connectivity index is 2.12. The molecule has 0 saturated heterocycles. The normalized spacial score (nSPS) is 16.8. The molecule has 3 nitrogen and oxygen atoms in total. The third-order valence-electron chi connectivity index (χ3n) is 3.81. The number of rotatable bonds is 5. The van der Waals surface area contributed by atoms with Gasteiger partial charge in [-0.3, -0.25) is 0 Å². The van der Waals surface area contributed by atoms with Gasteiger partial charge in [0.2, 0.25) is 0 Å². The van der Waals surface area contributed by atoms with Crippen molar-refractivity contribution in [3.63, 3.8) is 0 Å². The van der Waals surface area contributed by atoms with Crippen molar-refractivity contribution in [2.24, 2.45) is 5.73 Å². The molecule has 0 bridgehead atoms. The lowest BCUT2D eigenvalue weighted by molar-refractivity contribution is 0.411. The molecule has 0 spiro atoms. The molecule has 0 radical (unpaired) electrons. The van der Waals surface area contributed by atoms with E-state index in [0.717, 1.165) is 25.3 Å². The van der Waals surface area contributed by atoms with Crippen LogP contribution in [0.4, 0.5) is 5.82 Å². The summed E-state index contributed by atoms with van der Waals surface area (Å²) in [7, 11) is 0. The minimum atomic E-state index is 0.666. The van der Waals surface area contributed by atoms with E-state index in [1.54, 1.807) is 0 Å². The lowest BCUT2D eigenvalue weighted by Crippen LogP contribution is -2.38. The van der Waals surface area contributed by atoms with Gasteiger partial charge in [-0.1, -0.05) is 19.3 Å². The molecule has 0 atom stereocenters. The molecule has 2 rings (SSSR count). The van der Waals surface area contributed by atoms with Gasteiger partial charge in [0.25, 0.3) is 0 Å². The zero-order valence-corrected chi connectivity index (χ0v) is 11.4. The third kappa shape index (κ3) is 3.45. The smallest absolute Gasteiger partial charge is 0.128 e. The van der Waals surface area contributed by atoms with Crippen LogP contribution in [-0.2, 0) is 0 Å². The number of hydrogen-bond acceptors (Lipinski definition) is 3. The summed E-state index contributed by atoms with van der Waals surface area (Å²) in [5, 5.41) is 0. The number of hydrogen-bond donors (Lipinski definition) is 1. The fourth-order valence-corrected chi connectivity index (χ4v) is 2.82. The van der Waals surface area contributed by atoms with Gasteiger partial charge in [0.1, 0.15) is 5.82 Å². The number of nitrogens with two attached hydrogens (primary N) is 1. The molecule has 1 aromatic rings. The summed E-state index contributed by atoms with van der Waals surface area (Å²) in [6.45, 7) is 3.93. The maximum absolute atomic E-state index is 5.67. The molecule has 18 heavy (non-hydrogen) atoms.